The van der Waals surface area contributed by atoms with Crippen molar-refractivity contribution in [1.82, 2.24) is 29.7 Å². The lowest BCUT2D eigenvalue weighted by molar-refractivity contribution is -0.147. The van der Waals surface area contributed by atoms with Crippen molar-refractivity contribution >= 4 is 42.3 Å². The van der Waals surface area contributed by atoms with Gasteiger partial charge < -0.3 is 29.8 Å². The summed E-state index contributed by atoms with van der Waals surface area (Å²) in [4.78, 5) is 40.3. The number of anilines is 2. The smallest absolute Gasteiger partial charge is 0.323 e. The van der Waals surface area contributed by atoms with Crippen LogP contribution in [-0.4, -0.2) is 75.8 Å². The summed E-state index contributed by atoms with van der Waals surface area (Å²) in [5.74, 6) is -0.204. The van der Waals surface area contributed by atoms with E-state index < -0.39 is 31.5 Å². The molecule has 0 radical (unpaired) electrons. The zero-order valence-electron chi connectivity index (χ0n) is 30.4. The fourth-order valence-corrected chi connectivity index (χ4v) is 7.39. The highest BCUT2D eigenvalue weighted by molar-refractivity contribution is 7.59. The number of carbonyl (C=O) groups is 2. The molecule has 14 nitrogen and oxygen atoms in total. The predicted molar refractivity (Wildman–Crippen MR) is 207 cm³/mol. The van der Waals surface area contributed by atoms with Crippen molar-refractivity contribution in [3.8, 4) is 0 Å². The molecule has 0 saturated heterocycles. The summed E-state index contributed by atoms with van der Waals surface area (Å²) >= 11 is 0. The summed E-state index contributed by atoms with van der Waals surface area (Å²) < 4.78 is 34.2. The van der Waals surface area contributed by atoms with Crippen LogP contribution < -0.4 is 21.2 Å². The van der Waals surface area contributed by atoms with E-state index in [1.165, 1.54) is 0 Å². The van der Waals surface area contributed by atoms with Gasteiger partial charge in [-0.3, -0.25) is 14.2 Å². The van der Waals surface area contributed by atoms with Crippen molar-refractivity contribution in [2.75, 3.05) is 37.2 Å². The van der Waals surface area contributed by atoms with Crippen LogP contribution in [-0.2, 0) is 47.8 Å². The summed E-state index contributed by atoms with van der Waals surface area (Å²) in [6, 6.07) is 17.1. The zero-order chi connectivity index (χ0) is 37.1. The molecule has 2 atom stereocenters. The standard InChI is InChI=1S/C37H51N8O6P.CH4/c1-25(2)21-50-35(46)30(19-27-11-7-5-8-12-27)43-52(48,44-31(36(47)51-22-26(3)4)20-28-13-9-6-10-14-28)24-49-18-17-45-23-39-32-33(40-29-15-16-29)41-37(38)42-34(32)45;/h5-14,23,25-26,29-31H,15-22,24H2,1-4H3,(H2,43,44,48)(H3,38,40,41,42);1H4. The van der Waals surface area contributed by atoms with Gasteiger partial charge in [0.05, 0.1) is 26.1 Å². The molecule has 2 unspecified atom stereocenters. The molecule has 0 bridgehead atoms. The molecule has 53 heavy (non-hydrogen) atoms. The number of benzene rings is 2. The van der Waals surface area contributed by atoms with Crippen molar-refractivity contribution in [1.29, 1.82) is 0 Å². The van der Waals surface area contributed by atoms with Crippen LogP contribution in [0.15, 0.2) is 67.0 Å². The maximum Gasteiger partial charge on any atom is 0.323 e. The van der Waals surface area contributed by atoms with Crippen LogP contribution in [0.4, 0.5) is 11.8 Å². The topological polar surface area (TPSA) is 185 Å². The molecule has 2 heterocycles. The number of esters is 2. The number of hydrogen-bond acceptors (Lipinski definition) is 11. The van der Waals surface area contributed by atoms with E-state index in [0.29, 0.717) is 29.6 Å². The van der Waals surface area contributed by atoms with Gasteiger partial charge in [-0.2, -0.15) is 9.97 Å². The minimum Gasteiger partial charge on any atom is -0.464 e. The SMILES string of the molecule is C.CC(C)COC(=O)C(Cc1ccccc1)NP(=O)(COCCn1cnc2c(NC3CC3)nc(N)nc21)NC(Cc1ccccc1)C(=O)OCC(C)C. The molecule has 1 aliphatic carbocycles. The summed E-state index contributed by atoms with van der Waals surface area (Å²) in [5.41, 5.74) is 8.86. The molecule has 288 valence electrons. The number of nitrogens with one attached hydrogen (secondary N) is 3. The normalized spacial score (nSPS) is 15.1. The Labute approximate surface area is 312 Å². The number of nitrogens with zero attached hydrogens (tertiary/aromatic N) is 4. The molecule has 1 aliphatic rings. The molecule has 5 N–H and O–H groups in total. The highest BCUT2D eigenvalue weighted by atomic mass is 31.2. The van der Waals surface area contributed by atoms with Crippen molar-refractivity contribution in [2.45, 2.75) is 85.5 Å². The first-order chi connectivity index (χ1) is 25.0. The van der Waals surface area contributed by atoms with Crippen LogP contribution in [0.25, 0.3) is 11.2 Å². The molecule has 1 saturated carbocycles. The average molecular weight is 751 g/mol. The second-order valence-electron chi connectivity index (χ2n) is 14.0. The Kier molecular flexibility index (Phi) is 15.3. The van der Waals surface area contributed by atoms with Gasteiger partial charge in [0.25, 0.3) is 0 Å². The number of rotatable bonds is 21. The van der Waals surface area contributed by atoms with E-state index in [2.05, 4.69) is 30.4 Å². The molecule has 0 amide bonds. The Morgan fingerprint density at radius 1 is 0.868 bits per heavy atom. The Balaban J connectivity index is 0.00000627. The van der Waals surface area contributed by atoms with Crippen molar-refractivity contribution < 1.29 is 28.4 Å². The number of nitrogen functional groups attached to an aromatic ring is 1. The van der Waals surface area contributed by atoms with Crippen LogP contribution in [0.1, 0.15) is 59.1 Å². The van der Waals surface area contributed by atoms with E-state index in [1.807, 2.05) is 88.4 Å². The third kappa shape index (κ3) is 12.9. The maximum atomic E-state index is 15.0. The molecular weight excluding hydrogens is 695 g/mol. The Hall–Kier alpha value is -4.36. The number of nitrogens with two attached hydrogens (primary N) is 1. The number of aromatic nitrogens is 4. The second kappa shape index (κ2) is 19.6. The number of fused-ring (bicyclic) bond motifs is 1. The predicted octanol–water partition coefficient (Wildman–Crippen LogP) is 5.59. The van der Waals surface area contributed by atoms with Gasteiger partial charge in [0.2, 0.25) is 13.4 Å². The van der Waals surface area contributed by atoms with Crippen LogP contribution in [0, 0.1) is 11.8 Å². The quantitative estimate of drug-likeness (QED) is 0.0470. The van der Waals surface area contributed by atoms with E-state index >= 15 is 4.57 Å². The molecule has 0 aliphatic heterocycles. The van der Waals surface area contributed by atoms with Crippen LogP contribution >= 0.6 is 7.44 Å². The number of ether oxygens (including phenoxy) is 3. The minimum absolute atomic E-state index is 0. The second-order valence-corrected chi connectivity index (χ2v) is 16.3. The Morgan fingerprint density at radius 3 is 1.89 bits per heavy atom. The van der Waals surface area contributed by atoms with Gasteiger partial charge in [0.1, 0.15) is 18.4 Å². The van der Waals surface area contributed by atoms with E-state index in [1.54, 1.807) is 10.9 Å². The summed E-state index contributed by atoms with van der Waals surface area (Å²) in [6.07, 6.45) is 3.80. The third-order valence-electron chi connectivity index (χ3n) is 8.13. The summed E-state index contributed by atoms with van der Waals surface area (Å²) in [5, 5.41) is 9.50. The van der Waals surface area contributed by atoms with Crippen molar-refractivity contribution in [3.05, 3.63) is 78.1 Å². The molecule has 2 aromatic heterocycles. The maximum absolute atomic E-state index is 15.0. The Bertz CT molecular complexity index is 1730. The zero-order valence-corrected chi connectivity index (χ0v) is 31.3. The first-order valence-electron chi connectivity index (χ1n) is 17.9. The van der Waals surface area contributed by atoms with E-state index in [-0.39, 0.29) is 64.2 Å². The Morgan fingerprint density at radius 2 is 1.40 bits per heavy atom. The molecule has 15 heteroatoms. The van der Waals surface area contributed by atoms with Gasteiger partial charge in [0, 0.05) is 12.6 Å². The fourth-order valence-electron chi connectivity index (χ4n) is 5.38. The van der Waals surface area contributed by atoms with E-state index in [4.69, 9.17) is 19.9 Å². The monoisotopic (exact) mass is 750 g/mol. The summed E-state index contributed by atoms with van der Waals surface area (Å²) in [6.45, 7) is 8.58. The molecule has 5 rings (SSSR count). The first-order valence-corrected chi connectivity index (χ1v) is 19.8. The van der Waals surface area contributed by atoms with Gasteiger partial charge in [-0.15, -0.1) is 0 Å². The lowest BCUT2D eigenvalue weighted by Crippen LogP contribution is -2.46. The third-order valence-corrected chi connectivity index (χ3v) is 10.1. The van der Waals surface area contributed by atoms with Gasteiger partial charge in [-0.1, -0.05) is 95.8 Å². The number of imidazole rings is 1. The van der Waals surface area contributed by atoms with Gasteiger partial charge in [-0.05, 0) is 48.6 Å². The lowest BCUT2D eigenvalue weighted by Gasteiger charge is -2.29. The van der Waals surface area contributed by atoms with Crippen LogP contribution in [0.2, 0.25) is 0 Å². The summed E-state index contributed by atoms with van der Waals surface area (Å²) in [7, 11) is -3.89. The molecule has 4 aromatic rings. The van der Waals surface area contributed by atoms with Gasteiger partial charge >= 0.3 is 11.9 Å². The molecule has 0 spiro atoms. The van der Waals surface area contributed by atoms with E-state index in [0.717, 1.165) is 24.0 Å². The highest BCUT2D eigenvalue weighted by Gasteiger charge is 2.36. The van der Waals surface area contributed by atoms with Crippen LogP contribution in [0.5, 0.6) is 0 Å². The molecule has 1 fully saturated rings. The number of carbonyl (C=O) groups excluding carboxylic acids is 2. The molecule has 2 aromatic carbocycles. The van der Waals surface area contributed by atoms with E-state index in [9.17, 15) is 9.59 Å². The molecular formula is C38H55N8O6P. The van der Waals surface area contributed by atoms with Crippen molar-refractivity contribution in [3.63, 3.8) is 0 Å². The minimum atomic E-state index is -3.89. The largest absolute Gasteiger partial charge is 0.464 e. The first kappa shape index (κ1) is 41.4. The number of hydrogen-bond donors (Lipinski definition) is 4. The average Bonchev–Trinajstić information content (AvgIpc) is 3.85. The van der Waals surface area contributed by atoms with Gasteiger partial charge in [0.15, 0.2) is 17.0 Å². The lowest BCUT2D eigenvalue weighted by atomic mass is 10.1. The van der Waals surface area contributed by atoms with Crippen molar-refractivity contribution in [2.24, 2.45) is 11.8 Å². The van der Waals surface area contributed by atoms with Crippen LogP contribution in [0.3, 0.4) is 0 Å². The fraction of sp³-hybridized carbons (Fsp3) is 0.500. The highest BCUT2D eigenvalue weighted by Crippen LogP contribution is 2.39. The van der Waals surface area contributed by atoms with Gasteiger partial charge in [-0.25, -0.2) is 15.2 Å².